The van der Waals surface area contributed by atoms with Crippen LogP contribution in [0, 0.1) is 6.92 Å². The minimum Gasteiger partial charge on any atom is -0.716 e. The molecule has 0 unspecified atom stereocenters. The number of aryl methyl sites for hydroxylation is 2. The molecule has 3 rings (SSSR count). The summed E-state index contributed by atoms with van der Waals surface area (Å²) in [7, 11) is -3.15. The van der Waals surface area contributed by atoms with E-state index in [-0.39, 0.29) is 13.8 Å². The number of ether oxygens (including phenoxy) is 1. The van der Waals surface area contributed by atoms with Crippen molar-refractivity contribution in [3.63, 3.8) is 0 Å². The summed E-state index contributed by atoms with van der Waals surface area (Å²) in [6.45, 7) is 3.57. The SMILES string of the molecule is CCOC(=O)c1cc2c(C)c(OS(=O)(=O)[O-])ccc2n1C.[H+].c1ccncc1. The molecule has 0 atom stereocenters. The molecule has 1 aromatic carbocycles. The van der Waals surface area contributed by atoms with E-state index >= 15 is 0 Å². The summed E-state index contributed by atoms with van der Waals surface area (Å²) in [6.07, 6.45) is 3.50. The van der Waals surface area contributed by atoms with Crippen LogP contribution in [0.1, 0.15) is 24.4 Å². The number of fused-ring (bicyclic) bond motifs is 1. The number of hydrogen-bond acceptors (Lipinski definition) is 7. The molecule has 0 aliphatic carbocycles. The molecule has 0 N–H and O–H groups in total. The average Bonchev–Trinajstić information content (AvgIpc) is 2.96. The number of carbonyl (C=O) groups is 1. The number of carbonyl (C=O) groups excluding carboxylic acids is 1. The van der Waals surface area contributed by atoms with E-state index in [9.17, 15) is 17.8 Å². The third kappa shape index (κ3) is 5.28. The first kappa shape index (κ1) is 20.4. The molecule has 0 radical (unpaired) electrons. The topological polar surface area (TPSA) is 111 Å². The third-order valence-corrected chi connectivity index (χ3v) is 4.07. The highest BCUT2D eigenvalue weighted by Crippen LogP contribution is 2.30. The second-order valence-electron chi connectivity index (χ2n) is 5.45. The van der Waals surface area contributed by atoms with E-state index in [1.165, 1.54) is 6.07 Å². The molecule has 0 aliphatic heterocycles. The minimum absolute atomic E-state index is 0. The maximum absolute atomic E-state index is 11.8. The first-order valence-corrected chi connectivity index (χ1v) is 9.34. The van der Waals surface area contributed by atoms with Gasteiger partial charge >= 0.3 is 7.40 Å². The number of nitrogens with zero attached hydrogens (tertiary/aromatic N) is 2. The smallest absolute Gasteiger partial charge is 0.716 e. The Labute approximate surface area is 158 Å². The van der Waals surface area contributed by atoms with Crippen LogP contribution in [0.5, 0.6) is 5.75 Å². The molecule has 0 aliphatic rings. The molecule has 0 amide bonds. The van der Waals surface area contributed by atoms with E-state index in [0.29, 0.717) is 22.2 Å². The first-order valence-electron chi connectivity index (χ1n) is 8.01. The zero-order valence-electron chi connectivity index (χ0n) is 16.1. The number of hydrogen-bond donors (Lipinski definition) is 0. The van der Waals surface area contributed by atoms with Crippen molar-refractivity contribution in [2.75, 3.05) is 6.61 Å². The van der Waals surface area contributed by atoms with Crippen LogP contribution in [0.4, 0.5) is 0 Å². The third-order valence-electron chi connectivity index (χ3n) is 3.69. The van der Waals surface area contributed by atoms with Gasteiger partial charge in [0.2, 0.25) is 0 Å². The van der Waals surface area contributed by atoms with Gasteiger partial charge in [0.25, 0.3) is 10.4 Å². The molecule has 0 bridgehead atoms. The van der Waals surface area contributed by atoms with Crippen LogP contribution in [0.25, 0.3) is 10.9 Å². The Morgan fingerprint density at radius 3 is 2.41 bits per heavy atom. The molecule has 8 nitrogen and oxygen atoms in total. The predicted octanol–water partition coefficient (Wildman–Crippen LogP) is 2.70. The second-order valence-corrected chi connectivity index (χ2v) is 6.43. The standard InChI is InChI=1S/C13H15NO6S.C5H5N/c1-4-19-13(15)11-7-9-8(2)12(20-21(16,17)18)6-5-10(9)14(11)3;1-2-4-6-5-3-1/h5-7H,4H2,1-3H3,(H,16,17,18);1-5H. The van der Waals surface area contributed by atoms with E-state index < -0.39 is 16.4 Å². The molecule has 0 spiro atoms. The minimum atomic E-state index is -4.85. The molecule has 2 aromatic heterocycles. The molecule has 3 aromatic rings. The number of rotatable bonds is 4. The molecule has 2 heterocycles. The molecule has 0 saturated carbocycles. The summed E-state index contributed by atoms with van der Waals surface area (Å²) in [5, 5.41) is 0.613. The van der Waals surface area contributed by atoms with Crippen molar-refractivity contribution in [2.45, 2.75) is 13.8 Å². The zero-order valence-corrected chi connectivity index (χ0v) is 15.9. The van der Waals surface area contributed by atoms with Gasteiger partial charge in [-0.1, -0.05) is 6.07 Å². The number of benzene rings is 1. The monoisotopic (exact) mass is 392 g/mol. The maximum atomic E-state index is 11.8. The Morgan fingerprint density at radius 2 is 1.93 bits per heavy atom. The Kier molecular flexibility index (Phi) is 6.54. The summed E-state index contributed by atoms with van der Waals surface area (Å²) in [6, 6.07) is 10.2. The van der Waals surface area contributed by atoms with Gasteiger partial charge in [-0.05, 0) is 44.2 Å². The lowest BCUT2D eigenvalue weighted by Gasteiger charge is -2.12. The van der Waals surface area contributed by atoms with Crippen LogP contribution in [-0.2, 0) is 22.2 Å². The quantitative estimate of drug-likeness (QED) is 0.381. The largest absolute Gasteiger partial charge is 1.00 e. The number of esters is 1. The Hall–Kier alpha value is -2.91. The molecule has 0 saturated heterocycles. The average molecular weight is 392 g/mol. The fourth-order valence-electron chi connectivity index (χ4n) is 2.45. The van der Waals surface area contributed by atoms with Crippen molar-refractivity contribution in [1.82, 2.24) is 9.55 Å². The summed E-state index contributed by atoms with van der Waals surface area (Å²) in [5.74, 6) is -0.534. The van der Waals surface area contributed by atoms with Gasteiger partial charge in [-0.2, -0.15) is 0 Å². The van der Waals surface area contributed by atoms with Gasteiger partial charge in [-0.15, -0.1) is 0 Å². The first-order chi connectivity index (χ1) is 12.7. The fourth-order valence-corrected chi connectivity index (χ4v) is 2.85. The van der Waals surface area contributed by atoms with Gasteiger partial charge in [0.15, 0.2) is 0 Å². The van der Waals surface area contributed by atoms with E-state index in [2.05, 4.69) is 9.17 Å². The van der Waals surface area contributed by atoms with Crippen LogP contribution in [-0.4, -0.2) is 35.1 Å². The summed E-state index contributed by atoms with van der Waals surface area (Å²) >= 11 is 0. The van der Waals surface area contributed by atoms with Gasteiger partial charge in [0.1, 0.15) is 11.4 Å². The van der Waals surface area contributed by atoms with Crippen LogP contribution in [0.15, 0.2) is 48.8 Å². The molecular weight excluding hydrogens is 372 g/mol. The Bertz CT molecular complexity index is 1010. The zero-order chi connectivity index (χ0) is 20.0. The highest BCUT2D eigenvalue weighted by molar-refractivity contribution is 7.81. The lowest BCUT2D eigenvalue weighted by molar-refractivity contribution is 0.0516. The predicted molar refractivity (Wildman–Crippen MR) is 99.3 cm³/mol. The highest BCUT2D eigenvalue weighted by Gasteiger charge is 2.17. The van der Waals surface area contributed by atoms with Gasteiger partial charge in [0.05, 0.1) is 6.61 Å². The van der Waals surface area contributed by atoms with E-state index in [1.807, 2.05) is 18.2 Å². The van der Waals surface area contributed by atoms with Crippen LogP contribution < -0.4 is 4.18 Å². The summed E-state index contributed by atoms with van der Waals surface area (Å²) in [5.41, 5.74) is 1.49. The van der Waals surface area contributed by atoms with Crippen LogP contribution in [0.2, 0.25) is 0 Å². The van der Waals surface area contributed by atoms with Crippen molar-refractivity contribution in [1.29, 1.82) is 0 Å². The van der Waals surface area contributed by atoms with E-state index in [1.54, 1.807) is 50.0 Å². The number of aromatic nitrogens is 2. The van der Waals surface area contributed by atoms with Gasteiger partial charge < -0.3 is 18.0 Å². The van der Waals surface area contributed by atoms with Crippen molar-refractivity contribution >= 4 is 27.3 Å². The van der Waals surface area contributed by atoms with Crippen molar-refractivity contribution in [3.05, 3.63) is 60.0 Å². The Morgan fingerprint density at radius 1 is 1.26 bits per heavy atom. The second kappa shape index (κ2) is 8.65. The normalized spacial score (nSPS) is 10.8. The lowest BCUT2D eigenvalue weighted by Crippen LogP contribution is -2.09. The lowest BCUT2D eigenvalue weighted by atomic mass is 10.1. The molecule has 27 heavy (non-hydrogen) atoms. The summed E-state index contributed by atoms with van der Waals surface area (Å²) < 4.78 is 43.1. The van der Waals surface area contributed by atoms with Gasteiger partial charge in [-0.25, -0.2) is 13.2 Å². The fraction of sp³-hybridized carbons (Fsp3) is 0.222. The maximum Gasteiger partial charge on any atom is 1.00 e. The number of pyridine rings is 1. The highest BCUT2D eigenvalue weighted by atomic mass is 32.3. The van der Waals surface area contributed by atoms with Gasteiger partial charge in [0, 0.05) is 35.9 Å². The van der Waals surface area contributed by atoms with Crippen LogP contribution >= 0.6 is 0 Å². The molecule has 0 fully saturated rings. The van der Waals surface area contributed by atoms with Crippen LogP contribution in [0.3, 0.4) is 0 Å². The van der Waals surface area contributed by atoms with Gasteiger partial charge in [-0.3, -0.25) is 4.98 Å². The van der Waals surface area contributed by atoms with Crippen molar-refractivity contribution in [2.24, 2.45) is 7.05 Å². The molecular formula is C18H20N2O6S. The van der Waals surface area contributed by atoms with E-state index in [4.69, 9.17) is 4.74 Å². The molecule has 144 valence electrons. The summed E-state index contributed by atoms with van der Waals surface area (Å²) in [4.78, 5) is 15.6. The Balaban J connectivity index is 0.000000478. The van der Waals surface area contributed by atoms with E-state index in [0.717, 1.165) is 0 Å². The molecule has 9 heteroatoms. The van der Waals surface area contributed by atoms with Crippen molar-refractivity contribution < 1.29 is 28.1 Å². The van der Waals surface area contributed by atoms with Crippen molar-refractivity contribution in [3.8, 4) is 5.75 Å².